The SMILES string of the molecule is Cc1cc(N2CN(CCN(C)C)C(=O)C23CCN(C(=O)[C@H](NC(=O)c2cc(C(F)(F)F)ccc2F)C(C)C)CC3)ccc1C(=O)O. The van der Waals surface area contributed by atoms with Gasteiger partial charge in [0.15, 0.2) is 0 Å². The van der Waals surface area contributed by atoms with E-state index in [0.29, 0.717) is 42.5 Å². The molecule has 2 saturated heterocycles. The number of aromatic carboxylic acids is 1. The van der Waals surface area contributed by atoms with Crippen LogP contribution in [0.4, 0.5) is 23.2 Å². The number of nitrogens with zero attached hydrogens (tertiary/aromatic N) is 4. The minimum Gasteiger partial charge on any atom is -0.478 e. The van der Waals surface area contributed by atoms with Gasteiger partial charge in [-0.15, -0.1) is 0 Å². The van der Waals surface area contributed by atoms with Crippen molar-refractivity contribution in [1.29, 1.82) is 0 Å². The molecule has 3 amide bonds. The molecule has 2 aromatic carbocycles. The third kappa shape index (κ3) is 6.96. The van der Waals surface area contributed by atoms with Crippen molar-refractivity contribution in [3.05, 3.63) is 64.5 Å². The number of benzene rings is 2. The van der Waals surface area contributed by atoms with Crippen molar-refractivity contribution < 1.29 is 41.8 Å². The molecule has 2 heterocycles. The Morgan fingerprint density at radius 3 is 2.24 bits per heavy atom. The number of anilines is 1. The van der Waals surface area contributed by atoms with Crippen molar-refractivity contribution in [2.24, 2.45) is 5.92 Å². The number of likely N-dealkylation sites (tertiary alicyclic amines) is 1. The van der Waals surface area contributed by atoms with E-state index in [1.807, 2.05) is 23.9 Å². The van der Waals surface area contributed by atoms with Crippen LogP contribution in [0.15, 0.2) is 36.4 Å². The summed E-state index contributed by atoms with van der Waals surface area (Å²) in [7, 11) is 3.80. The smallest absolute Gasteiger partial charge is 0.416 e. The van der Waals surface area contributed by atoms with Crippen LogP contribution in [0.2, 0.25) is 0 Å². The van der Waals surface area contributed by atoms with Gasteiger partial charge in [-0.05, 0) is 81.7 Å². The molecule has 1 atom stereocenters. The number of piperidine rings is 1. The molecule has 2 aromatic rings. The zero-order chi connectivity index (χ0) is 34.1. The van der Waals surface area contributed by atoms with Crippen LogP contribution in [0.25, 0.3) is 0 Å². The lowest BCUT2D eigenvalue weighted by molar-refractivity contribution is -0.140. The summed E-state index contributed by atoms with van der Waals surface area (Å²) in [6, 6.07) is 5.29. The maximum Gasteiger partial charge on any atom is 0.416 e. The molecule has 46 heavy (non-hydrogen) atoms. The van der Waals surface area contributed by atoms with Crippen LogP contribution >= 0.6 is 0 Å². The van der Waals surface area contributed by atoms with Crippen LogP contribution in [0.5, 0.6) is 0 Å². The number of hydrogen-bond donors (Lipinski definition) is 2. The first-order chi connectivity index (χ1) is 21.5. The molecular formula is C32H39F4N5O5. The molecule has 250 valence electrons. The maximum atomic E-state index is 14.4. The van der Waals surface area contributed by atoms with E-state index in [2.05, 4.69) is 5.32 Å². The van der Waals surface area contributed by atoms with Crippen molar-refractivity contribution in [2.45, 2.75) is 51.4 Å². The third-order valence-corrected chi connectivity index (χ3v) is 8.74. The molecule has 0 unspecified atom stereocenters. The minimum atomic E-state index is -4.79. The quantitative estimate of drug-likeness (QED) is 0.397. The summed E-state index contributed by atoms with van der Waals surface area (Å²) in [6.07, 6.45) is -4.29. The fraction of sp³-hybridized carbons (Fsp3) is 0.500. The van der Waals surface area contributed by atoms with Gasteiger partial charge in [0.2, 0.25) is 11.8 Å². The van der Waals surface area contributed by atoms with E-state index in [1.54, 1.807) is 37.8 Å². The molecular weight excluding hydrogens is 610 g/mol. The van der Waals surface area contributed by atoms with Crippen LogP contribution in [-0.4, -0.2) is 102 Å². The number of carboxylic acid groups (broad SMARTS) is 1. The molecule has 4 rings (SSSR count). The topological polar surface area (TPSA) is 114 Å². The second-order valence-electron chi connectivity index (χ2n) is 12.5. The van der Waals surface area contributed by atoms with Gasteiger partial charge in [0, 0.05) is 31.9 Å². The van der Waals surface area contributed by atoms with Gasteiger partial charge < -0.3 is 30.0 Å². The van der Waals surface area contributed by atoms with E-state index in [1.165, 1.54) is 11.0 Å². The highest BCUT2D eigenvalue weighted by Gasteiger charge is 2.54. The van der Waals surface area contributed by atoms with Crippen LogP contribution in [0.1, 0.15) is 58.5 Å². The number of halogens is 4. The first-order valence-electron chi connectivity index (χ1n) is 15.0. The summed E-state index contributed by atoms with van der Waals surface area (Å²) >= 11 is 0. The van der Waals surface area contributed by atoms with Gasteiger partial charge >= 0.3 is 12.1 Å². The Labute approximate surface area is 264 Å². The summed E-state index contributed by atoms with van der Waals surface area (Å²) in [5.41, 5.74) is -1.64. The highest BCUT2D eigenvalue weighted by Crippen LogP contribution is 2.40. The molecule has 2 aliphatic heterocycles. The number of amides is 3. The van der Waals surface area contributed by atoms with Crippen molar-refractivity contribution in [3.63, 3.8) is 0 Å². The second kappa shape index (κ2) is 13.3. The summed E-state index contributed by atoms with van der Waals surface area (Å²) in [4.78, 5) is 59.4. The van der Waals surface area contributed by atoms with Gasteiger partial charge in [-0.1, -0.05) is 13.8 Å². The number of aryl methyl sites for hydroxylation is 1. The first kappa shape index (κ1) is 34.7. The Kier molecular flexibility index (Phi) is 10.00. The van der Waals surface area contributed by atoms with Crippen molar-refractivity contribution in [3.8, 4) is 0 Å². The normalized spacial score (nSPS) is 17.3. The molecule has 1 spiro atoms. The van der Waals surface area contributed by atoms with Crippen LogP contribution < -0.4 is 10.2 Å². The second-order valence-corrected chi connectivity index (χ2v) is 12.5. The molecule has 0 aromatic heterocycles. The summed E-state index contributed by atoms with van der Waals surface area (Å²) in [6.45, 7) is 6.66. The molecule has 0 saturated carbocycles. The van der Waals surface area contributed by atoms with Crippen molar-refractivity contribution in [1.82, 2.24) is 20.0 Å². The zero-order valence-corrected chi connectivity index (χ0v) is 26.4. The maximum absolute atomic E-state index is 14.4. The standard InChI is InChI=1S/C32H39F4N5O5/c1-19(2)26(37-27(42)24-17-21(32(34,35)36)6-9-25(24)33)28(43)39-12-10-31(11-13-39)30(46)40(15-14-38(4)5)18-41(31)22-7-8-23(29(44)45)20(3)16-22/h6-9,16-17,19,26H,10-15,18H2,1-5H3,(H,37,42)(H,44,45)/t26-/m1/s1. The van der Waals surface area contributed by atoms with Crippen LogP contribution in [0.3, 0.4) is 0 Å². The number of carbonyl (C=O) groups is 4. The van der Waals surface area contributed by atoms with Crippen LogP contribution in [-0.2, 0) is 15.8 Å². The highest BCUT2D eigenvalue weighted by molar-refractivity contribution is 5.98. The van der Waals surface area contributed by atoms with E-state index >= 15 is 0 Å². The van der Waals surface area contributed by atoms with E-state index < -0.39 is 58.4 Å². The van der Waals surface area contributed by atoms with E-state index in [-0.39, 0.29) is 44.1 Å². The number of alkyl halides is 3. The number of likely N-dealkylation sites (N-methyl/N-ethyl adjacent to an activating group) is 1. The Bertz CT molecular complexity index is 1500. The summed E-state index contributed by atoms with van der Waals surface area (Å²) in [5, 5.41) is 11.9. The van der Waals surface area contributed by atoms with Crippen LogP contribution in [0, 0.1) is 18.7 Å². The van der Waals surface area contributed by atoms with Gasteiger partial charge in [-0.2, -0.15) is 13.2 Å². The molecule has 0 radical (unpaired) electrons. The molecule has 14 heteroatoms. The van der Waals surface area contributed by atoms with Gasteiger partial charge in [0.05, 0.1) is 23.4 Å². The lowest BCUT2D eigenvalue weighted by Crippen LogP contribution is -2.60. The Morgan fingerprint density at radius 2 is 1.70 bits per heavy atom. The summed E-state index contributed by atoms with van der Waals surface area (Å²) < 4.78 is 54.1. The van der Waals surface area contributed by atoms with Crippen molar-refractivity contribution >= 4 is 29.4 Å². The largest absolute Gasteiger partial charge is 0.478 e. The molecule has 2 N–H and O–H groups in total. The van der Waals surface area contributed by atoms with Gasteiger partial charge in [0.1, 0.15) is 17.4 Å². The summed E-state index contributed by atoms with van der Waals surface area (Å²) in [5.74, 6) is -4.42. The third-order valence-electron chi connectivity index (χ3n) is 8.74. The molecule has 0 aliphatic carbocycles. The lowest BCUT2D eigenvalue weighted by atomic mass is 9.84. The molecule has 2 aliphatic rings. The molecule has 2 fully saturated rings. The predicted molar refractivity (Wildman–Crippen MR) is 162 cm³/mol. The average Bonchev–Trinajstić information content (AvgIpc) is 3.24. The van der Waals surface area contributed by atoms with Crippen molar-refractivity contribution in [2.75, 3.05) is 51.8 Å². The fourth-order valence-electron chi connectivity index (χ4n) is 6.04. The van der Waals surface area contributed by atoms with Gasteiger partial charge in [-0.3, -0.25) is 14.4 Å². The van der Waals surface area contributed by atoms with E-state index in [4.69, 9.17) is 0 Å². The Balaban J connectivity index is 1.56. The van der Waals surface area contributed by atoms with E-state index in [9.17, 15) is 41.8 Å². The molecule has 0 bridgehead atoms. The number of hydrogen-bond acceptors (Lipinski definition) is 6. The average molecular weight is 650 g/mol. The molecule has 10 nitrogen and oxygen atoms in total. The van der Waals surface area contributed by atoms with E-state index in [0.717, 1.165) is 0 Å². The Morgan fingerprint density at radius 1 is 1.04 bits per heavy atom. The number of rotatable bonds is 9. The number of nitrogens with one attached hydrogen (secondary N) is 1. The number of carboxylic acids is 1. The minimum absolute atomic E-state index is 0.102. The lowest BCUT2D eigenvalue weighted by Gasteiger charge is -2.44. The fourth-order valence-corrected chi connectivity index (χ4v) is 6.04. The van der Waals surface area contributed by atoms with Gasteiger partial charge in [-0.25, -0.2) is 9.18 Å². The zero-order valence-electron chi connectivity index (χ0n) is 26.4. The monoisotopic (exact) mass is 649 g/mol. The first-order valence-corrected chi connectivity index (χ1v) is 15.0. The Hall–Kier alpha value is -4.20. The number of carbonyl (C=O) groups excluding carboxylic acids is 3. The predicted octanol–water partition coefficient (Wildman–Crippen LogP) is 3.83. The highest BCUT2D eigenvalue weighted by atomic mass is 19.4. The van der Waals surface area contributed by atoms with Gasteiger partial charge in [0.25, 0.3) is 5.91 Å².